The normalized spacial score (nSPS) is 19.5. The van der Waals surface area contributed by atoms with Crippen LogP contribution in [0.4, 0.5) is 11.4 Å². The Morgan fingerprint density at radius 1 is 1.10 bits per heavy atom. The standard InChI is InChI=1S/C23H17ClN2O3/c1-13-2-6-18(12-25-13)26-20-9-17(24)5-7-19(20)23(22(26)29)10-15-4-3-14(21(27)28)8-16(15)11-23/h2-9,12H,10-11H2,1H3,(H,27,28)/t23-/m1/s1. The molecule has 0 bridgehead atoms. The molecule has 5 nitrogen and oxygen atoms in total. The van der Waals surface area contributed by atoms with Gasteiger partial charge >= 0.3 is 5.97 Å². The topological polar surface area (TPSA) is 70.5 Å². The number of aryl methyl sites for hydroxylation is 1. The second-order valence-electron chi connectivity index (χ2n) is 7.68. The molecule has 0 unspecified atom stereocenters. The van der Waals surface area contributed by atoms with Gasteiger partial charge in [-0.15, -0.1) is 0 Å². The van der Waals surface area contributed by atoms with Crippen LogP contribution < -0.4 is 4.90 Å². The van der Waals surface area contributed by atoms with Gasteiger partial charge in [-0.2, -0.15) is 0 Å². The van der Waals surface area contributed by atoms with Crippen LogP contribution >= 0.6 is 11.6 Å². The van der Waals surface area contributed by atoms with Crippen LogP contribution in [0, 0.1) is 6.92 Å². The van der Waals surface area contributed by atoms with Gasteiger partial charge in [-0.3, -0.25) is 14.7 Å². The van der Waals surface area contributed by atoms with Crippen molar-refractivity contribution < 1.29 is 14.7 Å². The van der Waals surface area contributed by atoms with E-state index in [4.69, 9.17) is 11.6 Å². The summed E-state index contributed by atoms with van der Waals surface area (Å²) in [7, 11) is 0. The van der Waals surface area contributed by atoms with Gasteiger partial charge in [-0.05, 0) is 72.9 Å². The number of fused-ring (bicyclic) bond motifs is 3. The SMILES string of the molecule is Cc1ccc(N2C(=O)[C@@]3(Cc4ccc(C(=O)O)cc4C3)c3ccc(Cl)cc32)cn1. The molecular formula is C23H17ClN2O3. The minimum absolute atomic E-state index is 0.0338. The van der Waals surface area contributed by atoms with Gasteiger partial charge in [-0.1, -0.05) is 23.7 Å². The van der Waals surface area contributed by atoms with E-state index < -0.39 is 11.4 Å². The number of anilines is 2. The Bertz CT molecular complexity index is 1190. The van der Waals surface area contributed by atoms with E-state index in [1.807, 2.05) is 37.3 Å². The molecule has 2 heterocycles. The van der Waals surface area contributed by atoms with Gasteiger partial charge in [0, 0.05) is 10.7 Å². The first-order chi connectivity index (χ1) is 13.9. The van der Waals surface area contributed by atoms with Gasteiger partial charge in [0.05, 0.1) is 28.6 Å². The maximum absolute atomic E-state index is 13.8. The lowest BCUT2D eigenvalue weighted by atomic mass is 9.79. The summed E-state index contributed by atoms with van der Waals surface area (Å²) in [6.07, 6.45) is 2.69. The largest absolute Gasteiger partial charge is 0.478 e. The van der Waals surface area contributed by atoms with Crippen LogP contribution in [0.1, 0.15) is 32.7 Å². The Kier molecular flexibility index (Phi) is 3.80. The summed E-state index contributed by atoms with van der Waals surface area (Å²) >= 11 is 6.27. The molecule has 1 aliphatic heterocycles. The number of rotatable bonds is 2. The van der Waals surface area contributed by atoms with Crippen molar-refractivity contribution in [3.8, 4) is 0 Å². The van der Waals surface area contributed by atoms with Gasteiger partial charge in [0.1, 0.15) is 0 Å². The average Bonchev–Trinajstić information content (AvgIpc) is 3.18. The number of hydrogen-bond donors (Lipinski definition) is 1. The zero-order chi connectivity index (χ0) is 20.3. The van der Waals surface area contributed by atoms with Crippen molar-refractivity contribution in [2.75, 3.05) is 4.90 Å². The number of carbonyl (C=O) groups excluding carboxylic acids is 1. The van der Waals surface area contributed by atoms with Gasteiger partial charge in [0.25, 0.3) is 0 Å². The molecule has 0 fully saturated rings. The molecule has 0 saturated carbocycles. The van der Waals surface area contributed by atoms with Crippen molar-refractivity contribution in [2.45, 2.75) is 25.2 Å². The van der Waals surface area contributed by atoms with E-state index in [9.17, 15) is 14.7 Å². The highest BCUT2D eigenvalue weighted by molar-refractivity contribution is 6.31. The predicted molar refractivity (Wildman–Crippen MR) is 110 cm³/mol. The van der Waals surface area contributed by atoms with Crippen molar-refractivity contribution in [1.82, 2.24) is 4.98 Å². The highest BCUT2D eigenvalue weighted by Crippen LogP contribution is 2.52. The first kappa shape index (κ1) is 17.9. The Labute approximate surface area is 172 Å². The molecule has 1 aromatic heterocycles. The number of carboxylic acids is 1. The zero-order valence-electron chi connectivity index (χ0n) is 15.6. The van der Waals surface area contributed by atoms with Crippen molar-refractivity contribution in [3.05, 3.63) is 87.7 Å². The average molecular weight is 405 g/mol. The van der Waals surface area contributed by atoms with E-state index in [1.54, 1.807) is 29.3 Å². The van der Waals surface area contributed by atoms with Gasteiger partial charge in [0.2, 0.25) is 5.91 Å². The zero-order valence-corrected chi connectivity index (χ0v) is 16.4. The third kappa shape index (κ3) is 2.58. The lowest BCUT2D eigenvalue weighted by Gasteiger charge is -2.23. The van der Waals surface area contributed by atoms with Crippen molar-refractivity contribution >= 4 is 34.9 Å². The first-order valence-corrected chi connectivity index (χ1v) is 9.69. The Morgan fingerprint density at radius 3 is 2.62 bits per heavy atom. The minimum atomic E-state index is -0.967. The van der Waals surface area contributed by atoms with E-state index in [1.165, 1.54) is 0 Å². The van der Waals surface area contributed by atoms with Crippen molar-refractivity contribution in [3.63, 3.8) is 0 Å². The number of carboxylic acid groups (broad SMARTS) is 1. The Hall–Kier alpha value is -3.18. The van der Waals surface area contributed by atoms with E-state index in [-0.39, 0.29) is 11.5 Å². The maximum Gasteiger partial charge on any atom is 0.335 e. The number of aromatic nitrogens is 1. The fourth-order valence-electron chi connectivity index (χ4n) is 4.53. The summed E-state index contributed by atoms with van der Waals surface area (Å²) in [5, 5.41) is 9.89. The van der Waals surface area contributed by atoms with Crippen LogP contribution in [0.15, 0.2) is 54.7 Å². The van der Waals surface area contributed by atoms with Crippen LogP contribution in [0.2, 0.25) is 5.02 Å². The molecule has 1 aliphatic carbocycles. The van der Waals surface area contributed by atoms with E-state index in [0.717, 1.165) is 28.1 Å². The molecule has 0 radical (unpaired) electrons. The fraction of sp³-hybridized carbons (Fsp3) is 0.174. The monoisotopic (exact) mass is 404 g/mol. The summed E-state index contributed by atoms with van der Waals surface area (Å²) < 4.78 is 0. The van der Waals surface area contributed by atoms with Crippen LogP contribution in [-0.4, -0.2) is 22.0 Å². The first-order valence-electron chi connectivity index (χ1n) is 9.31. The summed E-state index contributed by atoms with van der Waals surface area (Å²) in [4.78, 5) is 31.2. The highest BCUT2D eigenvalue weighted by atomic mass is 35.5. The smallest absolute Gasteiger partial charge is 0.335 e. The summed E-state index contributed by atoms with van der Waals surface area (Å²) in [5.74, 6) is -1.00. The lowest BCUT2D eigenvalue weighted by molar-refractivity contribution is -0.122. The molecule has 1 N–H and O–H groups in total. The van der Waals surface area contributed by atoms with Gasteiger partial charge in [-0.25, -0.2) is 4.79 Å². The number of aromatic carboxylic acids is 1. The predicted octanol–water partition coefficient (Wildman–Crippen LogP) is 4.46. The highest BCUT2D eigenvalue weighted by Gasteiger charge is 2.54. The quantitative estimate of drug-likeness (QED) is 0.684. The number of benzene rings is 2. The molecule has 6 heteroatoms. The molecule has 1 amide bonds. The molecule has 144 valence electrons. The summed E-state index contributed by atoms with van der Waals surface area (Å²) in [6.45, 7) is 1.90. The van der Waals surface area contributed by atoms with Crippen LogP contribution in [0.25, 0.3) is 0 Å². The molecule has 5 rings (SSSR count). The van der Waals surface area contributed by atoms with E-state index in [2.05, 4.69) is 4.98 Å². The Balaban J connectivity index is 1.66. The number of nitrogens with zero attached hydrogens (tertiary/aromatic N) is 2. The molecule has 0 saturated heterocycles. The van der Waals surface area contributed by atoms with Crippen molar-refractivity contribution in [1.29, 1.82) is 0 Å². The van der Waals surface area contributed by atoms with Crippen molar-refractivity contribution in [2.24, 2.45) is 0 Å². The molecule has 3 aromatic rings. The second kappa shape index (κ2) is 6.16. The van der Waals surface area contributed by atoms with Crippen LogP contribution in [0.5, 0.6) is 0 Å². The summed E-state index contributed by atoms with van der Waals surface area (Å²) in [6, 6.07) is 14.4. The third-order valence-electron chi connectivity index (χ3n) is 5.92. The van der Waals surface area contributed by atoms with E-state index in [0.29, 0.717) is 23.6 Å². The fourth-order valence-corrected chi connectivity index (χ4v) is 4.70. The van der Waals surface area contributed by atoms with E-state index >= 15 is 0 Å². The molecule has 2 aromatic carbocycles. The summed E-state index contributed by atoms with van der Waals surface area (Å²) in [5.41, 5.74) is 4.64. The van der Waals surface area contributed by atoms with Crippen LogP contribution in [-0.2, 0) is 23.1 Å². The third-order valence-corrected chi connectivity index (χ3v) is 6.16. The molecular weight excluding hydrogens is 388 g/mol. The molecule has 1 atom stereocenters. The number of amides is 1. The number of carbonyl (C=O) groups is 2. The molecule has 29 heavy (non-hydrogen) atoms. The number of pyridine rings is 1. The number of hydrogen-bond acceptors (Lipinski definition) is 3. The second-order valence-corrected chi connectivity index (χ2v) is 8.12. The lowest BCUT2D eigenvalue weighted by Crippen LogP contribution is -2.39. The Morgan fingerprint density at radius 2 is 1.90 bits per heavy atom. The van der Waals surface area contributed by atoms with Gasteiger partial charge in [0.15, 0.2) is 0 Å². The minimum Gasteiger partial charge on any atom is -0.478 e. The molecule has 1 spiro atoms. The maximum atomic E-state index is 13.8. The molecule has 2 aliphatic rings. The van der Waals surface area contributed by atoms with Crippen LogP contribution in [0.3, 0.4) is 0 Å². The van der Waals surface area contributed by atoms with Gasteiger partial charge < -0.3 is 5.11 Å². The number of halogens is 1.